The highest BCUT2D eigenvalue weighted by atomic mass is 16.5. The maximum Gasteiger partial charge on any atom is 0.305 e. The maximum absolute atomic E-state index is 12.6. The van der Waals surface area contributed by atoms with Gasteiger partial charge in [-0.25, -0.2) is 0 Å². The number of benzene rings is 1. The molecule has 1 amide bonds. The minimum absolute atomic E-state index is 0.000546. The summed E-state index contributed by atoms with van der Waals surface area (Å²) in [5.74, 6) is -0.478. The van der Waals surface area contributed by atoms with Crippen LogP contribution in [0.15, 0.2) is 60.8 Å². The number of rotatable bonds is 7. The van der Waals surface area contributed by atoms with Gasteiger partial charge >= 0.3 is 5.97 Å². The molecule has 1 aromatic carbocycles. The smallest absolute Gasteiger partial charge is 0.305 e. The Kier molecular flexibility index (Phi) is 5.89. The number of fused-ring (bicyclic) bond motifs is 1. The Hall–Kier alpha value is -3.41. The summed E-state index contributed by atoms with van der Waals surface area (Å²) in [7, 11) is 0. The van der Waals surface area contributed by atoms with Crippen LogP contribution in [0.3, 0.4) is 0 Å². The Morgan fingerprint density at radius 2 is 1.86 bits per heavy atom. The fourth-order valence-electron chi connectivity index (χ4n) is 3.16. The van der Waals surface area contributed by atoms with Gasteiger partial charge in [0.25, 0.3) is 5.91 Å². The number of pyridine rings is 1. The number of hydrogen-bond acceptors (Lipinski definition) is 4. The van der Waals surface area contributed by atoms with Crippen molar-refractivity contribution in [1.82, 2.24) is 4.40 Å². The van der Waals surface area contributed by atoms with Crippen molar-refractivity contribution < 1.29 is 19.1 Å². The van der Waals surface area contributed by atoms with Crippen LogP contribution < -0.4 is 4.90 Å². The molecule has 0 aliphatic heterocycles. The zero-order valence-electron chi connectivity index (χ0n) is 15.9. The third kappa shape index (κ3) is 3.81. The number of esters is 1. The number of nitrogens with zero attached hydrogens (tertiary/aromatic N) is 2. The Labute approximate surface area is 163 Å². The molecule has 0 fully saturated rings. The molecule has 6 heteroatoms. The van der Waals surface area contributed by atoms with E-state index in [1.54, 1.807) is 13.8 Å². The van der Waals surface area contributed by atoms with E-state index in [1.807, 2.05) is 65.2 Å². The van der Waals surface area contributed by atoms with Gasteiger partial charge in [0.05, 0.1) is 6.04 Å². The van der Waals surface area contributed by atoms with Gasteiger partial charge < -0.3 is 9.14 Å². The quantitative estimate of drug-likeness (QED) is 0.359. The predicted molar refractivity (Wildman–Crippen MR) is 107 cm³/mol. The highest BCUT2D eigenvalue weighted by Crippen LogP contribution is 2.35. The van der Waals surface area contributed by atoms with E-state index >= 15 is 0 Å². The average molecular weight is 378 g/mol. The lowest BCUT2D eigenvalue weighted by Crippen LogP contribution is -2.43. The molecule has 3 rings (SSSR count). The van der Waals surface area contributed by atoms with Gasteiger partial charge in [-0.3, -0.25) is 19.3 Å². The molecule has 0 N–H and O–H groups in total. The number of anilines is 1. The van der Waals surface area contributed by atoms with Gasteiger partial charge in [0, 0.05) is 23.7 Å². The van der Waals surface area contributed by atoms with Gasteiger partial charge in [0.15, 0.2) is 0 Å². The van der Waals surface area contributed by atoms with E-state index in [0.717, 1.165) is 16.6 Å². The molecule has 0 aliphatic carbocycles. The summed E-state index contributed by atoms with van der Waals surface area (Å²) in [5, 5.41) is 0. The largest absolute Gasteiger partial charge is 0.463 e. The molecule has 1 atom stereocenters. The van der Waals surface area contributed by atoms with Crippen LogP contribution in [0, 0.1) is 0 Å². The second kappa shape index (κ2) is 8.52. The molecule has 6 nitrogen and oxygen atoms in total. The van der Waals surface area contributed by atoms with Gasteiger partial charge in [-0.1, -0.05) is 43.3 Å². The molecule has 0 radical (unpaired) electrons. The second-order valence-corrected chi connectivity index (χ2v) is 6.45. The number of amides is 1. The zero-order valence-corrected chi connectivity index (χ0v) is 15.9. The van der Waals surface area contributed by atoms with Crippen LogP contribution in [0.1, 0.15) is 20.3 Å². The first-order valence-electron chi connectivity index (χ1n) is 9.16. The minimum Gasteiger partial charge on any atom is -0.463 e. The van der Waals surface area contributed by atoms with Crippen molar-refractivity contribution in [2.45, 2.75) is 26.3 Å². The lowest BCUT2D eigenvalue weighted by molar-refractivity contribution is -0.144. The lowest BCUT2D eigenvalue weighted by Gasteiger charge is -2.28. The van der Waals surface area contributed by atoms with Crippen LogP contribution in [-0.4, -0.2) is 35.2 Å². The Morgan fingerprint density at radius 3 is 2.54 bits per heavy atom. The number of carbonyl (C=O) groups is 3. The van der Waals surface area contributed by atoms with Crippen LogP contribution in [0.4, 0.5) is 5.82 Å². The first-order chi connectivity index (χ1) is 13.6. The van der Waals surface area contributed by atoms with E-state index < -0.39 is 11.9 Å². The molecule has 0 saturated heterocycles. The molecule has 144 valence electrons. The van der Waals surface area contributed by atoms with Crippen LogP contribution in [-0.2, 0) is 19.1 Å². The molecule has 2 heterocycles. The van der Waals surface area contributed by atoms with Crippen LogP contribution in [0.5, 0.6) is 0 Å². The van der Waals surface area contributed by atoms with Crippen molar-refractivity contribution in [3.8, 4) is 11.1 Å². The predicted octanol–water partition coefficient (Wildman–Crippen LogP) is 3.48. The fourth-order valence-corrected chi connectivity index (χ4v) is 3.16. The highest BCUT2D eigenvalue weighted by molar-refractivity contribution is 6.31. The topological polar surface area (TPSA) is 68.1 Å². The molecular formula is C22H22N2O4. The number of aldehydes is 1. The third-order valence-corrected chi connectivity index (χ3v) is 4.52. The van der Waals surface area contributed by atoms with E-state index in [9.17, 15) is 14.4 Å². The van der Waals surface area contributed by atoms with Crippen molar-refractivity contribution in [2.24, 2.45) is 0 Å². The average Bonchev–Trinajstić information content (AvgIpc) is 3.12. The first-order valence-corrected chi connectivity index (χ1v) is 9.16. The van der Waals surface area contributed by atoms with Crippen molar-refractivity contribution >= 4 is 29.5 Å². The van der Waals surface area contributed by atoms with E-state index in [1.165, 1.54) is 4.90 Å². The normalized spacial score (nSPS) is 11.8. The summed E-state index contributed by atoms with van der Waals surface area (Å²) >= 11 is 0. The van der Waals surface area contributed by atoms with Gasteiger partial charge in [0.1, 0.15) is 12.4 Å². The molecular weight excluding hydrogens is 356 g/mol. The number of hydrogen-bond donors (Lipinski definition) is 0. The maximum atomic E-state index is 12.6. The highest BCUT2D eigenvalue weighted by Gasteiger charge is 2.28. The molecule has 28 heavy (non-hydrogen) atoms. The number of ether oxygens (including phenoxy) is 1. The van der Waals surface area contributed by atoms with E-state index in [-0.39, 0.29) is 25.3 Å². The summed E-state index contributed by atoms with van der Waals surface area (Å²) in [5.41, 5.74) is 2.62. The number of aromatic nitrogens is 1. The SMILES string of the molecule is CCC(=O)OCC(C)N(C(=O)C=O)c1c(-c2ccccc2)cc2ccccn12. The summed E-state index contributed by atoms with van der Waals surface area (Å²) in [6.45, 7) is 3.46. The second-order valence-electron chi connectivity index (χ2n) is 6.45. The van der Waals surface area contributed by atoms with E-state index in [2.05, 4.69) is 0 Å². The molecule has 1 unspecified atom stereocenters. The van der Waals surface area contributed by atoms with Crippen molar-refractivity contribution in [2.75, 3.05) is 11.5 Å². The van der Waals surface area contributed by atoms with Crippen molar-refractivity contribution in [3.63, 3.8) is 0 Å². The Balaban J connectivity index is 2.14. The van der Waals surface area contributed by atoms with Gasteiger partial charge in [-0.15, -0.1) is 0 Å². The first kappa shape index (κ1) is 19.4. The molecule has 2 aromatic heterocycles. The molecule has 0 spiro atoms. The van der Waals surface area contributed by atoms with Crippen molar-refractivity contribution in [1.29, 1.82) is 0 Å². The molecule has 3 aromatic rings. The Bertz CT molecular complexity index is 994. The van der Waals surface area contributed by atoms with Gasteiger partial charge in [-0.2, -0.15) is 0 Å². The van der Waals surface area contributed by atoms with Crippen LogP contribution in [0.2, 0.25) is 0 Å². The summed E-state index contributed by atoms with van der Waals surface area (Å²) < 4.78 is 7.09. The van der Waals surface area contributed by atoms with Gasteiger partial charge in [-0.05, 0) is 30.7 Å². The summed E-state index contributed by atoms with van der Waals surface area (Å²) in [6.07, 6.45) is 2.37. The van der Waals surface area contributed by atoms with Crippen molar-refractivity contribution in [3.05, 3.63) is 60.8 Å². The third-order valence-electron chi connectivity index (χ3n) is 4.52. The van der Waals surface area contributed by atoms with Crippen LogP contribution >= 0.6 is 0 Å². The lowest BCUT2D eigenvalue weighted by atomic mass is 10.1. The Morgan fingerprint density at radius 1 is 1.14 bits per heavy atom. The molecule has 0 bridgehead atoms. The molecule has 0 saturated carbocycles. The summed E-state index contributed by atoms with van der Waals surface area (Å²) in [4.78, 5) is 37.0. The minimum atomic E-state index is -0.693. The summed E-state index contributed by atoms with van der Waals surface area (Å²) in [6, 6.07) is 16.8. The van der Waals surface area contributed by atoms with Gasteiger partial charge in [0.2, 0.25) is 6.29 Å². The fraction of sp³-hybridized carbons (Fsp3) is 0.227. The standard InChI is InChI=1S/C22H22N2O4/c1-3-21(27)28-15-16(2)24(20(26)14-25)22-19(17-9-5-4-6-10-17)13-18-11-7-8-12-23(18)22/h4-14,16H,3,15H2,1-2H3. The van der Waals surface area contributed by atoms with Crippen LogP contribution in [0.25, 0.3) is 16.6 Å². The zero-order chi connectivity index (χ0) is 20.1. The van der Waals surface area contributed by atoms with E-state index in [0.29, 0.717) is 5.82 Å². The number of carbonyl (C=O) groups excluding carboxylic acids is 3. The monoisotopic (exact) mass is 378 g/mol. The molecule has 0 aliphatic rings. The van der Waals surface area contributed by atoms with E-state index in [4.69, 9.17) is 4.74 Å².